The molecule has 154 valence electrons. The van der Waals surface area contributed by atoms with Gasteiger partial charge in [-0.15, -0.1) is 0 Å². The maximum Gasteiger partial charge on any atom is 0.321 e. The number of piperidine rings is 1. The standard InChI is InChI=1S/C22H26ClN3O3/c1-25(14-17-15-28-20-7-3-4-8-21(20)29-17)22(27)24-16-9-10-19(18(23)13-16)26-11-5-2-6-12-26/h3-4,7-10,13,17H,2,5-6,11-12,14-15H2,1H3,(H,24,27). The molecule has 2 aliphatic rings. The number of nitrogens with zero attached hydrogens (tertiary/aromatic N) is 2. The van der Waals surface area contributed by atoms with E-state index in [1.54, 1.807) is 11.9 Å². The molecule has 7 heteroatoms. The van der Waals surface area contributed by atoms with Gasteiger partial charge in [-0.2, -0.15) is 0 Å². The van der Waals surface area contributed by atoms with Crippen molar-refractivity contribution in [1.29, 1.82) is 0 Å². The number of ether oxygens (including phenoxy) is 2. The minimum atomic E-state index is -0.217. The Bertz CT molecular complexity index is 870. The van der Waals surface area contributed by atoms with E-state index in [1.807, 2.05) is 42.5 Å². The lowest BCUT2D eigenvalue weighted by atomic mass is 10.1. The fraction of sp³-hybridized carbons (Fsp3) is 0.409. The van der Waals surface area contributed by atoms with Gasteiger partial charge < -0.3 is 24.6 Å². The van der Waals surface area contributed by atoms with E-state index in [9.17, 15) is 4.79 Å². The fourth-order valence-corrected chi connectivity index (χ4v) is 4.04. The van der Waals surface area contributed by atoms with Crippen LogP contribution in [0.5, 0.6) is 11.5 Å². The number of benzene rings is 2. The largest absolute Gasteiger partial charge is 0.486 e. The number of halogens is 1. The van der Waals surface area contributed by atoms with Crippen molar-refractivity contribution in [3.05, 3.63) is 47.5 Å². The molecule has 29 heavy (non-hydrogen) atoms. The summed E-state index contributed by atoms with van der Waals surface area (Å²) in [4.78, 5) is 16.5. The van der Waals surface area contributed by atoms with Crippen LogP contribution in [0.4, 0.5) is 16.2 Å². The first kappa shape index (κ1) is 19.7. The number of fused-ring (bicyclic) bond motifs is 1. The van der Waals surface area contributed by atoms with Gasteiger partial charge in [0.25, 0.3) is 0 Å². The Morgan fingerprint density at radius 2 is 1.93 bits per heavy atom. The highest BCUT2D eigenvalue weighted by molar-refractivity contribution is 6.33. The molecular weight excluding hydrogens is 390 g/mol. The molecule has 2 aliphatic heterocycles. The zero-order valence-electron chi connectivity index (χ0n) is 16.6. The molecule has 0 aromatic heterocycles. The van der Waals surface area contributed by atoms with Gasteiger partial charge in [0.1, 0.15) is 6.61 Å². The quantitative estimate of drug-likeness (QED) is 0.790. The fourth-order valence-electron chi connectivity index (χ4n) is 3.74. The molecule has 1 fully saturated rings. The number of nitrogens with one attached hydrogen (secondary N) is 1. The van der Waals surface area contributed by atoms with E-state index in [4.69, 9.17) is 21.1 Å². The van der Waals surface area contributed by atoms with Crippen LogP contribution in [0.3, 0.4) is 0 Å². The minimum absolute atomic E-state index is 0.214. The van der Waals surface area contributed by atoms with Gasteiger partial charge >= 0.3 is 6.03 Å². The molecule has 2 heterocycles. The Morgan fingerprint density at radius 1 is 1.17 bits per heavy atom. The molecule has 2 aromatic carbocycles. The van der Waals surface area contributed by atoms with Gasteiger partial charge in [-0.25, -0.2) is 4.79 Å². The zero-order chi connectivity index (χ0) is 20.2. The highest BCUT2D eigenvalue weighted by atomic mass is 35.5. The van der Waals surface area contributed by atoms with Crippen molar-refractivity contribution in [1.82, 2.24) is 4.90 Å². The highest BCUT2D eigenvalue weighted by Crippen LogP contribution is 2.32. The lowest BCUT2D eigenvalue weighted by molar-refractivity contribution is 0.0731. The lowest BCUT2D eigenvalue weighted by Crippen LogP contribution is -2.43. The number of hydrogen-bond donors (Lipinski definition) is 1. The van der Waals surface area contributed by atoms with Crippen LogP contribution in [0.25, 0.3) is 0 Å². The molecule has 1 atom stereocenters. The van der Waals surface area contributed by atoms with Crippen LogP contribution < -0.4 is 19.7 Å². The first-order valence-corrected chi connectivity index (χ1v) is 10.4. The molecule has 2 aromatic rings. The summed E-state index contributed by atoms with van der Waals surface area (Å²) in [6, 6.07) is 13.0. The smallest absolute Gasteiger partial charge is 0.321 e. The van der Waals surface area contributed by atoms with Crippen LogP contribution in [0, 0.1) is 0 Å². The van der Waals surface area contributed by atoms with E-state index < -0.39 is 0 Å². The Kier molecular flexibility index (Phi) is 6.00. The number of para-hydroxylation sites is 2. The summed E-state index contributed by atoms with van der Waals surface area (Å²) in [7, 11) is 1.74. The molecule has 0 aliphatic carbocycles. The zero-order valence-corrected chi connectivity index (χ0v) is 17.3. The summed E-state index contributed by atoms with van der Waals surface area (Å²) in [6.45, 7) is 2.88. The maximum atomic E-state index is 12.6. The number of likely N-dealkylation sites (N-methyl/N-ethyl adjacent to an activating group) is 1. The number of carbonyl (C=O) groups is 1. The third-order valence-corrected chi connectivity index (χ3v) is 5.59. The number of carbonyl (C=O) groups excluding carboxylic acids is 1. The number of urea groups is 1. The molecule has 1 N–H and O–H groups in total. The van der Waals surface area contributed by atoms with E-state index in [1.165, 1.54) is 19.3 Å². The van der Waals surface area contributed by atoms with Crippen molar-refractivity contribution in [2.24, 2.45) is 0 Å². The lowest BCUT2D eigenvalue weighted by Gasteiger charge is -2.30. The molecule has 0 radical (unpaired) electrons. The van der Waals surface area contributed by atoms with Crippen molar-refractivity contribution in [3.8, 4) is 11.5 Å². The second-order valence-electron chi connectivity index (χ2n) is 7.52. The van der Waals surface area contributed by atoms with Gasteiger partial charge in [-0.05, 0) is 49.6 Å². The van der Waals surface area contributed by atoms with Crippen LogP contribution in [-0.2, 0) is 0 Å². The summed E-state index contributed by atoms with van der Waals surface area (Å²) in [6.07, 6.45) is 3.44. The van der Waals surface area contributed by atoms with E-state index in [2.05, 4.69) is 10.2 Å². The summed E-state index contributed by atoms with van der Waals surface area (Å²) in [5.74, 6) is 1.44. The molecule has 0 bridgehead atoms. The molecule has 1 unspecified atom stereocenters. The van der Waals surface area contributed by atoms with Gasteiger partial charge in [-0.1, -0.05) is 23.7 Å². The van der Waals surface area contributed by atoms with Crippen molar-refractivity contribution < 1.29 is 14.3 Å². The molecule has 0 spiro atoms. The summed E-state index contributed by atoms with van der Waals surface area (Å²) in [5.41, 5.74) is 1.71. The number of hydrogen-bond acceptors (Lipinski definition) is 4. The normalized spacial score (nSPS) is 18.3. The van der Waals surface area contributed by atoms with Crippen molar-refractivity contribution in [2.75, 3.05) is 43.5 Å². The van der Waals surface area contributed by atoms with Crippen LogP contribution in [0.2, 0.25) is 5.02 Å². The molecule has 6 nitrogen and oxygen atoms in total. The summed E-state index contributed by atoms with van der Waals surface area (Å²) < 4.78 is 11.6. The second-order valence-corrected chi connectivity index (χ2v) is 7.93. The molecular formula is C22H26ClN3O3. The Balaban J connectivity index is 1.33. The van der Waals surface area contributed by atoms with Crippen LogP contribution in [0.1, 0.15) is 19.3 Å². The molecule has 2 amide bonds. The Labute approximate surface area is 176 Å². The third kappa shape index (κ3) is 4.70. The van der Waals surface area contributed by atoms with Gasteiger partial charge in [-0.3, -0.25) is 0 Å². The van der Waals surface area contributed by atoms with E-state index >= 15 is 0 Å². The van der Waals surface area contributed by atoms with E-state index in [-0.39, 0.29) is 12.1 Å². The predicted octanol–water partition coefficient (Wildman–Crippen LogP) is 4.63. The molecule has 0 saturated carbocycles. The number of rotatable bonds is 4. The number of anilines is 2. The Morgan fingerprint density at radius 3 is 2.69 bits per heavy atom. The summed E-state index contributed by atoms with van der Waals surface area (Å²) >= 11 is 6.49. The van der Waals surface area contributed by atoms with Gasteiger partial charge in [0, 0.05) is 25.8 Å². The SMILES string of the molecule is CN(CC1COc2ccccc2O1)C(=O)Nc1ccc(N2CCCCC2)c(Cl)c1. The first-order chi connectivity index (χ1) is 14.1. The average Bonchev–Trinajstić information content (AvgIpc) is 2.74. The van der Waals surface area contributed by atoms with E-state index in [0.717, 1.165) is 24.5 Å². The van der Waals surface area contributed by atoms with Crippen LogP contribution >= 0.6 is 11.6 Å². The minimum Gasteiger partial charge on any atom is -0.486 e. The Hall–Kier alpha value is -2.60. The van der Waals surface area contributed by atoms with Crippen LogP contribution in [0.15, 0.2) is 42.5 Å². The van der Waals surface area contributed by atoms with Crippen molar-refractivity contribution in [3.63, 3.8) is 0 Å². The maximum absolute atomic E-state index is 12.6. The van der Waals surface area contributed by atoms with Crippen LogP contribution in [-0.4, -0.2) is 50.3 Å². The average molecular weight is 416 g/mol. The first-order valence-electron chi connectivity index (χ1n) is 10.1. The molecule has 1 saturated heterocycles. The van der Waals surface area contributed by atoms with Gasteiger partial charge in [0.15, 0.2) is 17.6 Å². The number of amides is 2. The van der Waals surface area contributed by atoms with E-state index in [0.29, 0.717) is 29.6 Å². The highest BCUT2D eigenvalue weighted by Gasteiger charge is 2.24. The van der Waals surface area contributed by atoms with Gasteiger partial charge in [0.2, 0.25) is 0 Å². The predicted molar refractivity (Wildman–Crippen MR) is 116 cm³/mol. The monoisotopic (exact) mass is 415 g/mol. The summed E-state index contributed by atoms with van der Waals surface area (Å²) in [5, 5.41) is 3.57. The topological polar surface area (TPSA) is 54.0 Å². The molecule has 4 rings (SSSR count). The van der Waals surface area contributed by atoms with Gasteiger partial charge in [0.05, 0.1) is 17.3 Å². The third-order valence-electron chi connectivity index (χ3n) is 5.29. The van der Waals surface area contributed by atoms with Crippen molar-refractivity contribution in [2.45, 2.75) is 25.4 Å². The second kappa shape index (κ2) is 8.82. The van der Waals surface area contributed by atoms with Crippen molar-refractivity contribution >= 4 is 29.0 Å².